The molecule has 2 aromatic rings. The largest absolute Gasteiger partial charge is 0.480 e. The van der Waals surface area contributed by atoms with Crippen molar-refractivity contribution in [2.24, 2.45) is 5.73 Å². The van der Waals surface area contributed by atoms with Crippen LogP contribution in [0, 0.1) is 0 Å². The van der Waals surface area contributed by atoms with E-state index < -0.39 is 17.8 Å². The molecule has 7 heteroatoms. The van der Waals surface area contributed by atoms with Crippen LogP contribution >= 0.6 is 11.8 Å². The van der Waals surface area contributed by atoms with Crippen LogP contribution in [0.3, 0.4) is 0 Å². The van der Waals surface area contributed by atoms with Crippen molar-refractivity contribution in [1.82, 2.24) is 4.57 Å². The van der Waals surface area contributed by atoms with Crippen molar-refractivity contribution in [1.29, 1.82) is 0 Å². The van der Waals surface area contributed by atoms with Crippen LogP contribution in [-0.4, -0.2) is 33.2 Å². The fourth-order valence-corrected chi connectivity index (χ4v) is 2.54. The first-order valence-corrected chi connectivity index (χ1v) is 6.89. The maximum atomic E-state index is 11.6. The highest BCUT2D eigenvalue weighted by atomic mass is 32.2. The molecule has 0 fully saturated rings. The highest BCUT2D eigenvalue weighted by molar-refractivity contribution is 7.99. The summed E-state index contributed by atoms with van der Waals surface area (Å²) in [5.74, 6) is -0.493. The van der Waals surface area contributed by atoms with Gasteiger partial charge in [-0.25, -0.2) is 4.79 Å². The Morgan fingerprint density at radius 3 is 2.95 bits per heavy atom. The van der Waals surface area contributed by atoms with E-state index in [1.165, 1.54) is 16.3 Å². The van der Waals surface area contributed by atoms with E-state index in [4.69, 9.17) is 15.3 Å². The number of hydrogen-bond acceptors (Lipinski definition) is 5. The zero-order valence-electron chi connectivity index (χ0n) is 10.1. The van der Waals surface area contributed by atoms with Gasteiger partial charge in [-0.05, 0) is 12.1 Å². The zero-order valence-corrected chi connectivity index (χ0v) is 10.9. The van der Waals surface area contributed by atoms with Crippen LogP contribution in [-0.2, 0) is 11.3 Å². The molecule has 1 atom stereocenters. The molecule has 102 valence electrons. The Labute approximate surface area is 113 Å². The predicted molar refractivity (Wildman–Crippen MR) is 73.4 cm³/mol. The monoisotopic (exact) mass is 282 g/mol. The lowest BCUT2D eigenvalue weighted by Gasteiger charge is -2.06. The topological polar surface area (TPSA) is 98.5 Å². The molecular formula is C12H14N2O4S. The Morgan fingerprint density at radius 1 is 1.47 bits per heavy atom. The van der Waals surface area contributed by atoms with Gasteiger partial charge in [0.25, 0.3) is 0 Å². The first kappa shape index (κ1) is 13.7. The van der Waals surface area contributed by atoms with Crippen molar-refractivity contribution in [3.63, 3.8) is 0 Å². The molecular weight excluding hydrogens is 268 g/mol. The molecule has 0 aliphatic heterocycles. The second-order valence-electron chi connectivity index (χ2n) is 4.01. The normalized spacial score (nSPS) is 12.7. The van der Waals surface area contributed by atoms with Gasteiger partial charge in [-0.3, -0.25) is 9.36 Å². The Bertz CT molecular complexity index is 634. The molecule has 0 radical (unpaired) electrons. The number of aromatic nitrogens is 1. The number of nitrogens with zero attached hydrogens (tertiary/aromatic N) is 1. The Morgan fingerprint density at radius 2 is 2.21 bits per heavy atom. The van der Waals surface area contributed by atoms with Crippen LogP contribution in [0.5, 0.6) is 0 Å². The maximum absolute atomic E-state index is 11.6. The Hall–Kier alpha value is -1.73. The van der Waals surface area contributed by atoms with Crippen molar-refractivity contribution in [3.8, 4) is 0 Å². The van der Waals surface area contributed by atoms with Crippen LogP contribution in [0.4, 0.5) is 0 Å². The van der Waals surface area contributed by atoms with Gasteiger partial charge in [0.2, 0.25) is 0 Å². The number of carbonyl (C=O) groups is 1. The number of benzene rings is 1. The predicted octanol–water partition coefficient (Wildman–Crippen LogP) is 0.740. The molecule has 0 aliphatic rings. The molecule has 3 N–H and O–H groups in total. The lowest BCUT2D eigenvalue weighted by atomic mass is 10.3. The minimum atomic E-state index is -1.02. The van der Waals surface area contributed by atoms with Crippen molar-refractivity contribution in [2.45, 2.75) is 12.6 Å². The second-order valence-corrected chi connectivity index (χ2v) is 5.16. The molecule has 0 unspecified atom stereocenters. The zero-order chi connectivity index (χ0) is 13.8. The number of oxazole rings is 1. The summed E-state index contributed by atoms with van der Waals surface area (Å²) in [6, 6.07) is 6.31. The maximum Gasteiger partial charge on any atom is 0.419 e. The molecule has 0 spiro atoms. The standard InChI is InChI=1S/C12H14N2O4S/c13-8(11(15)16)7-19-6-5-14-9-3-1-2-4-10(9)18-12(14)17/h1-4,8H,5-7,13H2,(H,15,16)/t8-/m0/s1. The summed E-state index contributed by atoms with van der Waals surface area (Å²) in [6.07, 6.45) is 0. The molecule has 1 aromatic carbocycles. The number of para-hydroxylation sites is 2. The highest BCUT2D eigenvalue weighted by Gasteiger charge is 2.12. The van der Waals surface area contributed by atoms with Crippen LogP contribution in [0.2, 0.25) is 0 Å². The summed E-state index contributed by atoms with van der Waals surface area (Å²) >= 11 is 1.40. The van der Waals surface area contributed by atoms with Gasteiger partial charge in [-0.1, -0.05) is 12.1 Å². The number of aryl methyl sites for hydroxylation is 1. The lowest BCUT2D eigenvalue weighted by molar-refractivity contribution is -0.137. The van der Waals surface area contributed by atoms with E-state index in [2.05, 4.69) is 0 Å². The lowest BCUT2D eigenvalue weighted by Crippen LogP contribution is -2.32. The van der Waals surface area contributed by atoms with Gasteiger partial charge >= 0.3 is 11.7 Å². The van der Waals surface area contributed by atoms with Gasteiger partial charge in [-0.15, -0.1) is 0 Å². The molecule has 19 heavy (non-hydrogen) atoms. The number of aliphatic carboxylic acids is 1. The summed E-state index contributed by atoms with van der Waals surface area (Å²) in [5, 5.41) is 8.64. The van der Waals surface area contributed by atoms with Crippen LogP contribution in [0.1, 0.15) is 0 Å². The summed E-state index contributed by atoms with van der Waals surface area (Å²) in [5.41, 5.74) is 6.69. The summed E-state index contributed by atoms with van der Waals surface area (Å²) in [7, 11) is 0. The molecule has 1 aromatic heterocycles. The SMILES string of the molecule is N[C@@H](CSCCn1c(=O)oc2ccccc21)C(=O)O. The van der Waals surface area contributed by atoms with Gasteiger partial charge in [0.15, 0.2) is 5.58 Å². The quantitative estimate of drug-likeness (QED) is 0.758. The number of carboxylic acids is 1. The van der Waals surface area contributed by atoms with E-state index in [-0.39, 0.29) is 0 Å². The molecule has 0 aliphatic carbocycles. The molecule has 0 saturated carbocycles. The van der Waals surface area contributed by atoms with E-state index in [1.807, 2.05) is 12.1 Å². The molecule has 0 bridgehead atoms. The van der Waals surface area contributed by atoms with E-state index in [0.29, 0.717) is 23.6 Å². The Kier molecular flexibility index (Phi) is 4.28. The second kappa shape index (κ2) is 5.94. The fraction of sp³-hybridized carbons (Fsp3) is 0.333. The van der Waals surface area contributed by atoms with Crippen LogP contribution < -0.4 is 11.5 Å². The third kappa shape index (κ3) is 3.18. The molecule has 0 saturated heterocycles. The van der Waals surface area contributed by atoms with E-state index in [0.717, 1.165) is 5.52 Å². The van der Waals surface area contributed by atoms with E-state index in [9.17, 15) is 9.59 Å². The summed E-state index contributed by atoms with van der Waals surface area (Å²) in [4.78, 5) is 22.2. The number of thioether (sulfide) groups is 1. The third-order valence-corrected chi connectivity index (χ3v) is 3.71. The van der Waals surface area contributed by atoms with Crippen molar-refractivity contribution >= 4 is 28.8 Å². The van der Waals surface area contributed by atoms with E-state index in [1.54, 1.807) is 12.1 Å². The van der Waals surface area contributed by atoms with Crippen molar-refractivity contribution in [3.05, 3.63) is 34.8 Å². The number of rotatable bonds is 6. The molecule has 0 amide bonds. The number of hydrogen-bond donors (Lipinski definition) is 2. The minimum Gasteiger partial charge on any atom is -0.480 e. The first-order chi connectivity index (χ1) is 9.09. The number of fused-ring (bicyclic) bond motifs is 1. The van der Waals surface area contributed by atoms with Gasteiger partial charge in [0, 0.05) is 18.1 Å². The summed E-state index contributed by atoms with van der Waals surface area (Å²) < 4.78 is 6.63. The van der Waals surface area contributed by atoms with E-state index >= 15 is 0 Å². The number of nitrogens with two attached hydrogens (primary N) is 1. The average molecular weight is 282 g/mol. The molecule has 2 rings (SSSR count). The first-order valence-electron chi connectivity index (χ1n) is 5.74. The fourth-order valence-electron chi connectivity index (χ4n) is 1.66. The molecule has 6 nitrogen and oxygen atoms in total. The smallest absolute Gasteiger partial charge is 0.419 e. The van der Waals surface area contributed by atoms with Crippen molar-refractivity contribution in [2.75, 3.05) is 11.5 Å². The van der Waals surface area contributed by atoms with Gasteiger partial charge in [-0.2, -0.15) is 11.8 Å². The third-order valence-electron chi connectivity index (χ3n) is 2.65. The van der Waals surface area contributed by atoms with Gasteiger partial charge < -0.3 is 15.3 Å². The van der Waals surface area contributed by atoms with Gasteiger partial charge in [0.1, 0.15) is 6.04 Å². The van der Waals surface area contributed by atoms with Crippen LogP contribution in [0.15, 0.2) is 33.5 Å². The highest BCUT2D eigenvalue weighted by Crippen LogP contribution is 2.12. The minimum absolute atomic E-state index is 0.319. The van der Waals surface area contributed by atoms with Crippen molar-refractivity contribution < 1.29 is 14.3 Å². The van der Waals surface area contributed by atoms with Crippen LogP contribution in [0.25, 0.3) is 11.1 Å². The Balaban J connectivity index is 1.97. The van der Waals surface area contributed by atoms with Gasteiger partial charge in [0.05, 0.1) is 5.52 Å². The average Bonchev–Trinajstić information content (AvgIpc) is 2.70. The summed E-state index contributed by atoms with van der Waals surface area (Å²) in [6.45, 7) is 0.465. The number of carboxylic acid groups (broad SMARTS) is 1. The molecule has 1 heterocycles.